The molecule has 0 aromatic heterocycles. The standard InChI is InChI=1S/C17H28O3Si/c1-12(2)21(13(3)4,14(5)6)20-17(18)15-9-8-10-16(11-15)19-7/h8-14H,1-7H3. The summed E-state index contributed by atoms with van der Waals surface area (Å²) >= 11 is 0. The lowest BCUT2D eigenvalue weighted by Crippen LogP contribution is -2.49. The summed E-state index contributed by atoms with van der Waals surface area (Å²) in [5.41, 5.74) is 1.71. The Morgan fingerprint density at radius 1 is 1.00 bits per heavy atom. The Bertz CT molecular complexity index is 459. The Hall–Kier alpha value is -1.29. The molecule has 0 bridgehead atoms. The van der Waals surface area contributed by atoms with Gasteiger partial charge >= 0.3 is 5.97 Å². The van der Waals surface area contributed by atoms with Gasteiger partial charge in [0.15, 0.2) is 0 Å². The van der Waals surface area contributed by atoms with Crippen LogP contribution in [0.4, 0.5) is 0 Å². The quantitative estimate of drug-likeness (QED) is 0.692. The van der Waals surface area contributed by atoms with Crippen molar-refractivity contribution in [2.45, 2.75) is 58.2 Å². The molecule has 0 heterocycles. The van der Waals surface area contributed by atoms with Gasteiger partial charge in [-0.3, -0.25) is 0 Å². The van der Waals surface area contributed by atoms with E-state index in [1.54, 1.807) is 19.2 Å². The second-order valence-electron chi connectivity index (χ2n) is 6.44. The Labute approximate surface area is 129 Å². The zero-order valence-corrected chi connectivity index (χ0v) is 15.3. The summed E-state index contributed by atoms with van der Waals surface area (Å²) in [6.45, 7) is 13.0. The Morgan fingerprint density at radius 3 is 1.95 bits per heavy atom. The number of carbonyl (C=O) groups excluding carboxylic acids is 1. The summed E-state index contributed by atoms with van der Waals surface area (Å²) < 4.78 is 11.3. The topological polar surface area (TPSA) is 35.5 Å². The number of hydrogen-bond donors (Lipinski definition) is 0. The van der Waals surface area contributed by atoms with E-state index in [-0.39, 0.29) is 5.97 Å². The fourth-order valence-corrected chi connectivity index (χ4v) is 8.47. The third-order valence-corrected chi connectivity index (χ3v) is 10.2. The van der Waals surface area contributed by atoms with E-state index in [1.165, 1.54) is 0 Å². The maximum Gasteiger partial charge on any atom is 0.324 e. The molecule has 0 unspecified atom stereocenters. The van der Waals surface area contributed by atoms with Gasteiger partial charge in [-0.25, -0.2) is 4.79 Å². The molecule has 0 spiro atoms. The lowest BCUT2D eigenvalue weighted by atomic mass is 10.2. The zero-order chi connectivity index (χ0) is 16.2. The molecule has 1 aromatic rings. The molecule has 0 N–H and O–H groups in total. The third-order valence-electron chi connectivity index (χ3n) is 4.28. The molecule has 1 aromatic carbocycles. The van der Waals surface area contributed by atoms with Crippen LogP contribution in [0.15, 0.2) is 24.3 Å². The largest absolute Gasteiger partial charge is 0.515 e. The number of hydrogen-bond acceptors (Lipinski definition) is 3. The highest BCUT2D eigenvalue weighted by Gasteiger charge is 2.48. The van der Waals surface area contributed by atoms with Crippen LogP contribution in [-0.2, 0) is 4.43 Å². The first kappa shape index (κ1) is 17.8. The van der Waals surface area contributed by atoms with Crippen LogP contribution in [0.25, 0.3) is 0 Å². The van der Waals surface area contributed by atoms with Crippen molar-refractivity contribution < 1.29 is 14.0 Å². The van der Waals surface area contributed by atoms with Gasteiger partial charge in [-0.2, -0.15) is 0 Å². The number of ether oxygens (including phenoxy) is 1. The number of carbonyl (C=O) groups is 1. The van der Waals surface area contributed by atoms with Crippen LogP contribution in [0, 0.1) is 0 Å². The van der Waals surface area contributed by atoms with E-state index in [0.29, 0.717) is 27.9 Å². The van der Waals surface area contributed by atoms with E-state index in [9.17, 15) is 4.79 Å². The Morgan fingerprint density at radius 2 is 1.52 bits per heavy atom. The van der Waals surface area contributed by atoms with Gasteiger partial charge in [-0.15, -0.1) is 0 Å². The highest BCUT2D eigenvalue weighted by Crippen LogP contribution is 2.42. The molecule has 0 aliphatic carbocycles. The van der Waals surface area contributed by atoms with Crippen LogP contribution >= 0.6 is 0 Å². The molecule has 0 saturated heterocycles. The molecule has 0 atom stereocenters. The van der Waals surface area contributed by atoms with Gasteiger partial charge in [0.05, 0.1) is 12.7 Å². The lowest BCUT2D eigenvalue weighted by molar-refractivity contribution is 0.0704. The van der Waals surface area contributed by atoms with Crippen LogP contribution in [0.3, 0.4) is 0 Å². The average molecular weight is 308 g/mol. The van der Waals surface area contributed by atoms with Gasteiger partial charge in [0.1, 0.15) is 5.75 Å². The second kappa shape index (κ2) is 7.12. The van der Waals surface area contributed by atoms with Crippen molar-refractivity contribution in [3.8, 4) is 5.75 Å². The van der Waals surface area contributed by atoms with Crippen LogP contribution in [0.5, 0.6) is 5.75 Å². The van der Waals surface area contributed by atoms with Gasteiger partial charge in [-0.05, 0) is 34.8 Å². The maximum absolute atomic E-state index is 12.6. The van der Waals surface area contributed by atoms with E-state index in [1.807, 2.05) is 12.1 Å². The van der Waals surface area contributed by atoms with E-state index in [4.69, 9.17) is 9.16 Å². The van der Waals surface area contributed by atoms with Crippen molar-refractivity contribution in [3.05, 3.63) is 29.8 Å². The molecular weight excluding hydrogens is 280 g/mol. The van der Waals surface area contributed by atoms with Crippen LogP contribution in [-0.4, -0.2) is 21.4 Å². The summed E-state index contributed by atoms with van der Waals surface area (Å²) in [7, 11) is -0.594. The summed E-state index contributed by atoms with van der Waals surface area (Å²) in [4.78, 5) is 12.6. The summed E-state index contributed by atoms with van der Waals surface area (Å²) in [6, 6.07) is 7.17. The molecule has 0 aliphatic rings. The van der Waals surface area contributed by atoms with Crippen molar-refractivity contribution in [3.63, 3.8) is 0 Å². The normalized spacial score (nSPS) is 12.1. The van der Waals surface area contributed by atoms with Gasteiger partial charge in [-0.1, -0.05) is 47.6 Å². The van der Waals surface area contributed by atoms with Crippen molar-refractivity contribution in [2.75, 3.05) is 7.11 Å². The van der Waals surface area contributed by atoms with E-state index < -0.39 is 8.32 Å². The van der Waals surface area contributed by atoms with Crippen molar-refractivity contribution in [2.24, 2.45) is 0 Å². The first-order valence-electron chi connectivity index (χ1n) is 7.63. The molecule has 3 nitrogen and oxygen atoms in total. The third kappa shape index (κ3) is 3.67. The molecule has 4 heteroatoms. The van der Waals surface area contributed by atoms with Gasteiger partial charge < -0.3 is 9.16 Å². The molecule has 21 heavy (non-hydrogen) atoms. The first-order valence-corrected chi connectivity index (χ1v) is 9.77. The predicted octanol–water partition coefficient (Wildman–Crippen LogP) is 5.03. The predicted molar refractivity (Wildman–Crippen MR) is 89.5 cm³/mol. The molecule has 1 rings (SSSR count). The minimum Gasteiger partial charge on any atom is -0.515 e. The first-order chi connectivity index (χ1) is 9.75. The zero-order valence-electron chi connectivity index (χ0n) is 14.3. The average Bonchev–Trinajstić information content (AvgIpc) is 2.43. The van der Waals surface area contributed by atoms with Crippen molar-refractivity contribution >= 4 is 14.3 Å². The van der Waals surface area contributed by atoms with Gasteiger partial charge in [0.25, 0.3) is 8.32 Å². The molecular formula is C17H28O3Si. The summed E-state index contributed by atoms with van der Waals surface area (Å²) in [5.74, 6) is 0.451. The molecule has 118 valence electrons. The van der Waals surface area contributed by atoms with Crippen molar-refractivity contribution in [1.82, 2.24) is 0 Å². The minimum absolute atomic E-state index is 0.225. The minimum atomic E-state index is -2.19. The summed E-state index contributed by atoms with van der Waals surface area (Å²) in [6.07, 6.45) is 0. The van der Waals surface area contributed by atoms with Gasteiger partial charge in [0.2, 0.25) is 0 Å². The fourth-order valence-electron chi connectivity index (χ4n) is 3.32. The highest BCUT2D eigenvalue weighted by molar-refractivity contribution is 6.79. The van der Waals surface area contributed by atoms with Crippen LogP contribution in [0.1, 0.15) is 51.9 Å². The smallest absolute Gasteiger partial charge is 0.324 e. The SMILES string of the molecule is COc1cccc(C(=O)O[Si](C(C)C)(C(C)C)C(C)C)c1. The van der Waals surface area contributed by atoms with E-state index in [2.05, 4.69) is 41.5 Å². The van der Waals surface area contributed by atoms with Gasteiger partial charge in [0, 0.05) is 0 Å². The molecule has 0 saturated carbocycles. The van der Waals surface area contributed by atoms with Crippen LogP contribution < -0.4 is 4.74 Å². The van der Waals surface area contributed by atoms with Crippen LogP contribution in [0.2, 0.25) is 16.6 Å². The highest BCUT2D eigenvalue weighted by atomic mass is 28.4. The lowest BCUT2D eigenvalue weighted by Gasteiger charge is -2.41. The second-order valence-corrected chi connectivity index (χ2v) is 11.8. The Kier molecular flexibility index (Phi) is 6.02. The van der Waals surface area contributed by atoms with Crippen molar-refractivity contribution in [1.29, 1.82) is 0 Å². The fraction of sp³-hybridized carbons (Fsp3) is 0.588. The molecule has 0 radical (unpaired) electrons. The molecule has 0 fully saturated rings. The number of rotatable bonds is 6. The number of benzene rings is 1. The maximum atomic E-state index is 12.6. The summed E-state index contributed by atoms with van der Waals surface area (Å²) in [5, 5.41) is 0. The monoisotopic (exact) mass is 308 g/mol. The molecule has 0 amide bonds. The Balaban J connectivity index is 3.11. The van der Waals surface area contributed by atoms with E-state index >= 15 is 0 Å². The van der Waals surface area contributed by atoms with E-state index in [0.717, 1.165) is 0 Å². The molecule has 0 aliphatic heterocycles. The number of methoxy groups -OCH3 is 1.